The second-order valence-electron chi connectivity index (χ2n) is 7.66. The van der Waals surface area contributed by atoms with E-state index >= 15 is 0 Å². The molecule has 0 spiro atoms. The molecule has 28 heavy (non-hydrogen) atoms. The summed E-state index contributed by atoms with van der Waals surface area (Å²) in [6.07, 6.45) is 6.34. The van der Waals surface area contributed by atoms with Gasteiger partial charge in [-0.1, -0.05) is 0 Å². The molecule has 0 bridgehead atoms. The molecule has 0 radical (unpaired) electrons. The number of piperidine rings is 1. The highest BCUT2D eigenvalue weighted by Gasteiger charge is 2.30. The number of hydrogen-bond acceptors (Lipinski definition) is 7. The number of ether oxygens (including phenoxy) is 1. The maximum Gasteiger partial charge on any atom is 0.212 e. The van der Waals surface area contributed by atoms with Gasteiger partial charge in [-0.25, -0.2) is 9.97 Å². The molecule has 2 aliphatic rings. The predicted octanol–water partition coefficient (Wildman–Crippen LogP) is 3.33. The van der Waals surface area contributed by atoms with Gasteiger partial charge in [-0.3, -0.25) is 4.90 Å². The van der Waals surface area contributed by atoms with Crippen LogP contribution in [0.15, 0.2) is 30.6 Å². The molecule has 0 aliphatic carbocycles. The van der Waals surface area contributed by atoms with E-state index in [0.29, 0.717) is 11.9 Å². The summed E-state index contributed by atoms with van der Waals surface area (Å²) in [4.78, 5) is 16.5. The first-order chi connectivity index (χ1) is 13.7. The number of nitrogens with zero attached hydrogens (tertiary/aromatic N) is 4. The van der Waals surface area contributed by atoms with Crippen LogP contribution in [0.25, 0.3) is 20.7 Å². The van der Waals surface area contributed by atoms with Crippen LogP contribution in [0.1, 0.15) is 18.4 Å². The predicted molar refractivity (Wildman–Crippen MR) is 114 cm³/mol. The van der Waals surface area contributed by atoms with E-state index in [-0.39, 0.29) is 0 Å². The van der Waals surface area contributed by atoms with Gasteiger partial charge in [0.2, 0.25) is 5.88 Å². The molecule has 0 amide bonds. The molecular weight excluding hydrogens is 370 g/mol. The SMILES string of the molecule is COc1ccc(-c2cc3c4c(cnc3s2)CN(C)CN4C2CCNCC2)cn1. The lowest BCUT2D eigenvalue weighted by molar-refractivity contribution is 0.281. The van der Waals surface area contributed by atoms with Crippen molar-refractivity contribution in [3.05, 3.63) is 36.2 Å². The first kappa shape index (κ1) is 17.8. The Bertz CT molecular complexity index is 980. The van der Waals surface area contributed by atoms with Gasteiger partial charge in [0.05, 0.1) is 19.5 Å². The van der Waals surface area contributed by atoms with Crippen LogP contribution >= 0.6 is 11.3 Å². The summed E-state index contributed by atoms with van der Waals surface area (Å²) >= 11 is 1.74. The van der Waals surface area contributed by atoms with Crippen LogP contribution in [0, 0.1) is 0 Å². The molecule has 5 heterocycles. The molecule has 2 aliphatic heterocycles. The van der Waals surface area contributed by atoms with Crippen molar-refractivity contribution in [3.63, 3.8) is 0 Å². The number of methoxy groups -OCH3 is 1. The molecular formula is C21H25N5OS. The van der Waals surface area contributed by atoms with Crippen molar-refractivity contribution in [1.29, 1.82) is 0 Å². The summed E-state index contributed by atoms with van der Waals surface area (Å²) in [5.74, 6) is 0.639. The average Bonchev–Trinajstić information content (AvgIpc) is 3.18. The number of fused-ring (bicyclic) bond motifs is 3. The average molecular weight is 396 g/mol. The second-order valence-corrected chi connectivity index (χ2v) is 8.69. The molecule has 6 nitrogen and oxygen atoms in total. The van der Waals surface area contributed by atoms with Crippen LogP contribution in [-0.2, 0) is 6.54 Å². The minimum atomic E-state index is 0.583. The van der Waals surface area contributed by atoms with Gasteiger partial charge in [0.1, 0.15) is 4.83 Å². The monoisotopic (exact) mass is 395 g/mol. The van der Waals surface area contributed by atoms with Crippen LogP contribution in [-0.4, -0.2) is 54.8 Å². The fourth-order valence-electron chi connectivity index (χ4n) is 4.35. The summed E-state index contributed by atoms with van der Waals surface area (Å²) in [6.45, 7) is 4.13. The Kier molecular flexibility index (Phi) is 4.66. The van der Waals surface area contributed by atoms with E-state index in [1.165, 1.54) is 34.4 Å². The van der Waals surface area contributed by atoms with Gasteiger partial charge in [-0.2, -0.15) is 0 Å². The molecule has 0 atom stereocenters. The lowest BCUT2D eigenvalue weighted by atomic mass is 10.0. The van der Waals surface area contributed by atoms with E-state index in [4.69, 9.17) is 9.72 Å². The first-order valence-electron chi connectivity index (χ1n) is 9.80. The fraction of sp³-hybridized carbons (Fsp3) is 0.429. The van der Waals surface area contributed by atoms with E-state index in [1.807, 2.05) is 12.3 Å². The number of nitrogens with one attached hydrogen (secondary N) is 1. The highest BCUT2D eigenvalue weighted by molar-refractivity contribution is 7.21. The van der Waals surface area contributed by atoms with Crippen molar-refractivity contribution in [2.24, 2.45) is 0 Å². The lowest BCUT2D eigenvalue weighted by Gasteiger charge is -2.43. The largest absolute Gasteiger partial charge is 0.481 e. The van der Waals surface area contributed by atoms with Crippen LogP contribution in [0.3, 0.4) is 0 Å². The molecule has 0 aromatic carbocycles. The quantitative estimate of drug-likeness (QED) is 0.734. The van der Waals surface area contributed by atoms with Crippen molar-refractivity contribution in [2.45, 2.75) is 25.4 Å². The van der Waals surface area contributed by atoms with E-state index in [0.717, 1.165) is 36.7 Å². The van der Waals surface area contributed by atoms with E-state index in [9.17, 15) is 0 Å². The summed E-state index contributed by atoms with van der Waals surface area (Å²) < 4.78 is 5.19. The number of hydrogen-bond donors (Lipinski definition) is 1. The van der Waals surface area contributed by atoms with E-state index < -0.39 is 0 Å². The molecule has 5 rings (SSSR count). The topological polar surface area (TPSA) is 53.5 Å². The Labute approximate surface area is 169 Å². The smallest absolute Gasteiger partial charge is 0.212 e. The van der Waals surface area contributed by atoms with Gasteiger partial charge in [0.25, 0.3) is 0 Å². The Balaban J connectivity index is 1.59. The Morgan fingerprint density at radius 1 is 1.18 bits per heavy atom. The summed E-state index contributed by atoms with van der Waals surface area (Å²) in [5, 5.41) is 4.77. The Morgan fingerprint density at radius 3 is 2.79 bits per heavy atom. The third-order valence-corrected chi connectivity index (χ3v) is 6.80. The molecule has 1 fully saturated rings. The van der Waals surface area contributed by atoms with Gasteiger partial charge >= 0.3 is 0 Å². The maximum atomic E-state index is 5.19. The maximum absolute atomic E-state index is 5.19. The number of pyridine rings is 2. The van der Waals surface area contributed by atoms with Crippen molar-refractivity contribution < 1.29 is 4.74 Å². The Hall–Kier alpha value is -2.22. The standard InChI is InChI=1S/C21H25N5OS/c1-25-12-15-11-24-21-17(20(15)26(13-25)16-5-7-22-8-6-16)9-18(28-21)14-3-4-19(27-2)23-10-14/h3-4,9-11,16,22H,5-8,12-13H2,1-2H3. The summed E-state index contributed by atoms with van der Waals surface area (Å²) in [7, 11) is 3.84. The normalized spacial score (nSPS) is 18.4. The van der Waals surface area contributed by atoms with Crippen molar-refractivity contribution in [3.8, 4) is 16.3 Å². The zero-order valence-corrected chi connectivity index (χ0v) is 17.1. The van der Waals surface area contributed by atoms with E-state index in [2.05, 4.69) is 45.5 Å². The number of anilines is 1. The molecule has 1 saturated heterocycles. The third kappa shape index (κ3) is 3.13. The van der Waals surface area contributed by atoms with Crippen molar-refractivity contribution in [2.75, 3.05) is 38.8 Å². The molecule has 146 valence electrons. The molecule has 7 heteroatoms. The van der Waals surface area contributed by atoms with Crippen molar-refractivity contribution in [1.82, 2.24) is 20.2 Å². The molecule has 3 aromatic heterocycles. The van der Waals surface area contributed by atoms with Gasteiger partial charge in [0, 0.05) is 52.4 Å². The van der Waals surface area contributed by atoms with Gasteiger partial charge in [-0.05, 0) is 45.1 Å². The molecule has 3 aromatic rings. The lowest BCUT2D eigenvalue weighted by Crippen LogP contribution is -2.50. The number of aromatic nitrogens is 2. The zero-order chi connectivity index (χ0) is 19.1. The van der Waals surface area contributed by atoms with Crippen LogP contribution < -0.4 is 15.0 Å². The minimum absolute atomic E-state index is 0.583. The van der Waals surface area contributed by atoms with Gasteiger partial charge < -0.3 is 15.0 Å². The van der Waals surface area contributed by atoms with Crippen LogP contribution in [0.4, 0.5) is 5.69 Å². The second kappa shape index (κ2) is 7.31. The van der Waals surface area contributed by atoms with Gasteiger partial charge in [-0.15, -0.1) is 11.3 Å². The number of thiophene rings is 1. The molecule has 0 saturated carbocycles. The highest BCUT2D eigenvalue weighted by Crippen LogP contribution is 2.42. The number of rotatable bonds is 3. The fourth-order valence-corrected chi connectivity index (χ4v) is 5.34. The zero-order valence-electron chi connectivity index (χ0n) is 16.3. The first-order valence-corrected chi connectivity index (χ1v) is 10.6. The Morgan fingerprint density at radius 2 is 2.04 bits per heavy atom. The van der Waals surface area contributed by atoms with Crippen LogP contribution in [0.5, 0.6) is 5.88 Å². The third-order valence-electron chi connectivity index (χ3n) is 5.71. The summed E-state index contributed by atoms with van der Waals surface area (Å²) in [6, 6.07) is 6.87. The minimum Gasteiger partial charge on any atom is -0.481 e. The summed E-state index contributed by atoms with van der Waals surface area (Å²) in [5.41, 5.74) is 3.83. The van der Waals surface area contributed by atoms with Gasteiger partial charge in [0.15, 0.2) is 0 Å². The molecule has 1 N–H and O–H groups in total. The van der Waals surface area contributed by atoms with Crippen molar-refractivity contribution >= 4 is 27.2 Å². The highest BCUT2D eigenvalue weighted by atomic mass is 32.1. The van der Waals surface area contributed by atoms with E-state index in [1.54, 1.807) is 18.4 Å². The molecule has 0 unspecified atom stereocenters. The van der Waals surface area contributed by atoms with Crippen LogP contribution in [0.2, 0.25) is 0 Å².